The second-order valence-corrected chi connectivity index (χ2v) is 6.23. The molecule has 8 heteroatoms. The van der Waals surface area contributed by atoms with Crippen molar-refractivity contribution in [2.45, 2.75) is 0 Å². The minimum absolute atomic E-state index is 0.0338. The maximum Gasteiger partial charge on any atom is 0.304 e. The summed E-state index contributed by atoms with van der Waals surface area (Å²) in [6, 6.07) is 6.71. The average Bonchev–Trinajstić information content (AvgIpc) is 2.46. The molecule has 0 aliphatic carbocycles. The molecule has 2 rings (SSSR count). The molecule has 1 aliphatic rings. The van der Waals surface area contributed by atoms with Crippen molar-refractivity contribution in [3.05, 3.63) is 24.3 Å². The summed E-state index contributed by atoms with van der Waals surface area (Å²) >= 11 is 0. The largest absolute Gasteiger partial charge is 0.397 e. The number of nitrogen functional groups attached to an aromatic ring is 1. The molecule has 0 radical (unpaired) electrons. The fourth-order valence-electron chi connectivity index (χ4n) is 2.08. The number of para-hydroxylation sites is 2. The van der Waals surface area contributed by atoms with Gasteiger partial charge in [0.1, 0.15) is 0 Å². The molecule has 1 heterocycles. The summed E-state index contributed by atoms with van der Waals surface area (Å²) in [4.78, 5) is 0. The Morgan fingerprint density at radius 1 is 1.30 bits per heavy atom. The van der Waals surface area contributed by atoms with E-state index in [0.29, 0.717) is 37.7 Å². The second-order valence-electron chi connectivity index (χ2n) is 4.37. The Morgan fingerprint density at radius 2 is 1.95 bits per heavy atom. The molecule has 1 aromatic carbocycles. The number of hydrogen-bond donors (Lipinski definition) is 2. The number of aliphatic hydroxyl groups is 1. The van der Waals surface area contributed by atoms with Crippen molar-refractivity contribution >= 4 is 21.6 Å². The SMILES string of the molecule is Nc1ccccc1N(CCO)S(=O)(=O)N1CCOCC1. The normalized spacial score (nSPS) is 17.1. The van der Waals surface area contributed by atoms with Crippen LogP contribution in [0.1, 0.15) is 0 Å². The summed E-state index contributed by atoms with van der Waals surface area (Å²) < 4.78 is 33.0. The average molecular weight is 301 g/mol. The highest BCUT2D eigenvalue weighted by Crippen LogP contribution is 2.26. The van der Waals surface area contributed by atoms with Gasteiger partial charge >= 0.3 is 10.2 Å². The van der Waals surface area contributed by atoms with Gasteiger partial charge in [-0.15, -0.1) is 0 Å². The third kappa shape index (κ3) is 3.04. The molecule has 20 heavy (non-hydrogen) atoms. The van der Waals surface area contributed by atoms with Crippen LogP contribution < -0.4 is 10.0 Å². The maximum atomic E-state index is 12.7. The first kappa shape index (κ1) is 15.0. The van der Waals surface area contributed by atoms with Gasteiger partial charge in [0.2, 0.25) is 0 Å². The smallest absolute Gasteiger partial charge is 0.304 e. The Bertz CT molecular complexity index is 543. The topological polar surface area (TPSA) is 96.1 Å². The Kier molecular flexibility index (Phi) is 4.81. The van der Waals surface area contributed by atoms with E-state index in [1.54, 1.807) is 24.3 Å². The Balaban J connectivity index is 2.34. The van der Waals surface area contributed by atoms with E-state index in [1.807, 2.05) is 0 Å². The van der Waals surface area contributed by atoms with Crippen molar-refractivity contribution in [2.75, 3.05) is 49.5 Å². The summed E-state index contributed by atoms with van der Waals surface area (Å²) in [6.07, 6.45) is 0. The van der Waals surface area contributed by atoms with Crippen LogP contribution in [0.15, 0.2) is 24.3 Å². The quantitative estimate of drug-likeness (QED) is 0.724. The molecule has 0 saturated carbocycles. The van der Waals surface area contributed by atoms with E-state index in [0.717, 1.165) is 4.31 Å². The van der Waals surface area contributed by atoms with Gasteiger partial charge in [-0.1, -0.05) is 12.1 Å². The van der Waals surface area contributed by atoms with Crippen LogP contribution in [0.3, 0.4) is 0 Å². The molecule has 0 spiro atoms. The minimum Gasteiger partial charge on any atom is -0.397 e. The van der Waals surface area contributed by atoms with Crippen LogP contribution in [0.25, 0.3) is 0 Å². The van der Waals surface area contributed by atoms with Crippen LogP contribution in [0.2, 0.25) is 0 Å². The van der Waals surface area contributed by atoms with Crippen molar-refractivity contribution in [3.63, 3.8) is 0 Å². The molecule has 1 aromatic rings. The number of nitrogens with two attached hydrogens (primary N) is 1. The number of rotatable bonds is 5. The number of hydrogen-bond acceptors (Lipinski definition) is 5. The van der Waals surface area contributed by atoms with Crippen molar-refractivity contribution in [3.8, 4) is 0 Å². The van der Waals surface area contributed by atoms with Crippen LogP contribution in [0.5, 0.6) is 0 Å². The van der Waals surface area contributed by atoms with E-state index in [-0.39, 0.29) is 13.2 Å². The van der Waals surface area contributed by atoms with Gasteiger partial charge in [0, 0.05) is 13.1 Å². The molecular weight excluding hydrogens is 282 g/mol. The highest BCUT2D eigenvalue weighted by molar-refractivity contribution is 7.90. The number of morpholine rings is 1. The molecule has 0 bridgehead atoms. The van der Waals surface area contributed by atoms with E-state index in [9.17, 15) is 8.42 Å². The fourth-order valence-corrected chi connectivity index (χ4v) is 3.70. The van der Waals surface area contributed by atoms with Gasteiger partial charge in [0.25, 0.3) is 0 Å². The Hall–Kier alpha value is -1.35. The van der Waals surface area contributed by atoms with Gasteiger partial charge in [-0.3, -0.25) is 4.31 Å². The Morgan fingerprint density at radius 3 is 2.55 bits per heavy atom. The lowest BCUT2D eigenvalue weighted by molar-refractivity contribution is 0.0728. The first-order valence-corrected chi connectivity index (χ1v) is 7.78. The number of anilines is 2. The number of nitrogens with zero attached hydrogens (tertiary/aromatic N) is 2. The Labute approximate surface area is 118 Å². The molecule has 7 nitrogen and oxygen atoms in total. The number of ether oxygens (including phenoxy) is 1. The van der Waals surface area contributed by atoms with Crippen molar-refractivity contribution in [1.82, 2.24) is 4.31 Å². The van der Waals surface area contributed by atoms with Crippen molar-refractivity contribution in [1.29, 1.82) is 0 Å². The lowest BCUT2D eigenvalue weighted by Gasteiger charge is -2.33. The van der Waals surface area contributed by atoms with Gasteiger partial charge in [-0.2, -0.15) is 12.7 Å². The molecule has 1 aliphatic heterocycles. The van der Waals surface area contributed by atoms with Gasteiger partial charge in [-0.25, -0.2) is 0 Å². The summed E-state index contributed by atoms with van der Waals surface area (Å²) in [6.45, 7) is 1.03. The molecule has 3 N–H and O–H groups in total. The number of aliphatic hydroxyl groups excluding tert-OH is 1. The highest BCUT2D eigenvalue weighted by atomic mass is 32.2. The van der Waals surface area contributed by atoms with E-state index in [2.05, 4.69) is 0 Å². The summed E-state index contributed by atoms with van der Waals surface area (Å²) in [5.41, 5.74) is 6.59. The maximum absolute atomic E-state index is 12.7. The first-order valence-electron chi connectivity index (χ1n) is 6.38. The molecule has 112 valence electrons. The lowest BCUT2D eigenvalue weighted by Crippen LogP contribution is -2.49. The highest BCUT2D eigenvalue weighted by Gasteiger charge is 2.31. The molecule has 1 saturated heterocycles. The van der Waals surface area contributed by atoms with Crippen molar-refractivity contribution < 1.29 is 18.3 Å². The van der Waals surface area contributed by atoms with Gasteiger partial charge in [-0.05, 0) is 12.1 Å². The minimum atomic E-state index is -3.72. The summed E-state index contributed by atoms with van der Waals surface area (Å²) in [5, 5.41) is 9.16. The van der Waals surface area contributed by atoms with Crippen LogP contribution in [-0.4, -0.2) is 57.3 Å². The molecule has 1 fully saturated rings. The zero-order chi connectivity index (χ0) is 14.6. The predicted octanol–water partition coefficient (Wildman–Crippen LogP) is -0.356. The van der Waals surface area contributed by atoms with Crippen LogP contribution in [0, 0.1) is 0 Å². The summed E-state index contributed by atoms with van der Waals surface area (Å²) in [7, 11) is -3.72. The zero-order valence-electron chi connectivity index (χ0n) is 11.1. The van der Waals surface area contributed by atoms with E-state index in [4.69, 9.17) is 15.6 Å². The fraction of sp³-hybridized carbons (Fsp3) is 0.500. The van der Waals surface area contributed by atoms with E-state index >= 15 is 0 Å². The van der Waals surface area contributed by atoms with Crippen molar-refractivity contribution in [2.24, 2.45) is 0 Å². The summed E-state index contributed by atoms with van der Waals surface area (Å²) in [5.74, 6) is 0. The molecular formula is C12H19N3O4S. The van der Waals surface area contributed by atoms with Crippen LogP contribution in [-0.2, 0) is 14.9 Å². The molecule has 0 atom stereocenters. The van der Waals surface area contributed by atoms with Crippen LogP contribution >= 0.6 is 0 Å². The predicted molar refractivity (Wildman–Crippen MR) is 76.6 cm³/mol. The van der Waals surface area contributed by atoms with Crippen LogP contribution in [0.4, 0.5) is 11.4 Å². The molecule has 0 unspecified atom stereocenters. The van der Waals surface area contributed by atoms with Gasteiger partial charge in [0.15, 0.2) is 0 Å². The van der Waals surface area contributed by atoms with E-state index in [1.165, 1.54) is 4.31 Å². The van der Waals surface area contributed by atoms with Gasteiger partial charge in [0.05, 0.1) is 37.7 Å². The second kappa shape index (κ2) is 6.40. The third-order valence-electron chi connectivity index (χ3n) is 3.08. The van der Waals surface area contributed by atoms with Gasteiger partial charge < -0.3 is 15.6 Å². The monoisotopic (exact) mass is 301 g/mol. The molecule has 0 amide bonds. The third-order valence-corrected chi connectivity index (χ3v) is 5.04. The van der Waals surface area contributed by atoms with E-state index < -0.39 is 10.2 Å². The lowest BCUT2D eigenvalue weighted by atomic mass is 10.3. The molecule has 0 aromatic heterocycles. The first-order chi connectivity index (χ1) is 9.57. The standard InChI is InChI=1S/C12H19N3O4S/c13-11-3-1-2-4-12(11)15(5-8-16)20(17,18)14-6-9-19-10-7-14/h1-4,16H,5-10,13H2. The zero-order valence-corrected chi connectivity index (χ0v) is 11.9. The number of benzene rings is 1.